The van der Waals surface area contributed by atoms with Gasteiger partial charge in [-0.1, -0.05) is 0 Å². The maximum Gasteiger partial charge on any atom is 0.433 e. The van der Waals surface area contributed by atoms with E-state index in [0.29, 0.717) is 21.8 Å². The van der Waals surface area contributed by atoms with E-state index in [4.69, 9.17) is 5.11 Å². The van der Waals surface area contributed by atoms with Crippen molar-refractivity contribution in [2.75, 3.05) is 6.61 Å². The van der Waals surface area contributed by atoms with Crippen molar-refractivity contribution in [3.63, 3.8) is 0 Å². The fourth-order valence-electron chi connectivity index (χ4n) is 1.97. The summed E-state index contributed by atoms with van der Waals surface area (Å²) in [6, 6.07) is 3.97. The SMILES string of the molecule is Cc1cc2nc(C(F)(F)F)ccc2c(Br)c1CCO. The number of benzene rings is 1. The average molecular weight is 334 g/mol. The summed E-state index contributed by atoms with van der Waals surface area (Å²) in [4.78, 5) is 3.65. The van der Waals surface area contributed by atoms with E-state index in [0.717, 1.165) is 17.2 Å². The van der Waals surface area contributed by atoms with Gasteiger partial charge in [-0.15, -0.1) is 0 Å². The molecule has 0 unspecified atom stereocenters. The Bertz CT molecular complexity index is 625. The minimum absolute atomic E-state index is 0.0149. The van der Waals surface area contributed by atoms with E-state index < -0.39 is 11.9 Å². The monoisotopic (exact) mass is 333 g/mol. The van der Waals surface area contributed by atoms with Gasteiger partial charge in [0.1, 0.15) is 5.69 Å². The second-order valence-corrected chi connectivity index (χ2v) is 5.01. The number of halogens is 4. The number of hydrogen-bond donors (Lipinski definition) is 1. The Kier molecular flexibility index (Phi) is 3.82. The van der Waals surface area contributed by atoms with Gasteiger partial charge < -0.3 is 5.11 Å². The van der Waals surface area contributed by atoms with Crippen LogP contribution in [0.3, 0.4) is 0 Å². The average Bonchev–Trinajstić information content (AvgIpc) is 2.32. The number of fused-ring (bicyclic) bond motifs is 1. The number of pyridine rings is 1. The van der Waals surface area contributed by atoms with Crippen molar-refractivity contribution in [3.05, 3.63) is 39.5 Å². The molecule has 0 fully saturated rings. The zero-order valence-corrected chi connectivity index (χ0v) is 11.6. The molecule has 0 radical (unpaired) electrons. The van der Waals surface area contributed by atoms with Gasteiger partial charge in [-0.3, -0.25) is 0 Å². The summed E-state index contributed by atoms with van der Waals surface area (Å²) < 4.78 is 38.5. The van der Waals surface area contributed by atoms with Crippen LogP contribution in [-0.2, 0) is 12.6 Å². The molecule has 2 aromatic rings. The maximum atomic E-state index is 12.6. The Morgan fingerprint density at radius 2 is 2.00 bits per heavy atom. The number of aliphatic hydroxyl groups is 1. The standard InChI is InChI=1S/C13H11BrF3NO/c1-7-6-10-9(12(14)8(7)4-5-19)2-3-11(18-10)13(15,16)17/h2-3,6,19H,4-5H2,1H3. The van der Waals surface area contributed by atoms with Crippen LogP contribution in [0.15, 0.2) is 22.7 Å². The molecule has 1 heterocycles. The van der Waals surface area contributed by atoms with Crippen molar-refractivity contribution in [2.45, 2.75) is 19.5 Å². The molecule has 0 spiro atoms. The summed E-state index contributed by atoms with van der Waals surface area (Å²) >= 11 is 3.38. The summed E-state index contributed by atoms with van der Waals surface area (Å²) in [6.07, 6.45) is -4.00. The van der Waals surface area contributed by atoms with Gasteiger partial charge in [0, 0.05) is 16.5 Å². The smallest absolute Gasteiger partial charge is 0.396 e. The highest BCUT2D eigenvalue weighted by atomic mass is 79.9. The van der Waals surface area contributed by atoms with Crippen molar-refractivity contribution in [3.8, 4) is 0 Å². The predicted octanol–water partition coefficient (Wildman–Crippen LogP) is 3.86. The molecule has 1 N–H and O–H groups in total. The molecule has 0 saturated heterocycles. The fourth-order valence-corrected chi connectivity index (χ4v) is 2.82. The minimum Gasteiger partial charge on any atom is -0.396 e. The molecule has 1 aromatic heterocycles. The van der Waals surface area contributed by atoms with E-state index in [1.54, 1.807) is 13.0 Å². The van der Waals surface area contributed by atoms with Crippen LogP contribution in [0.1, 0.15) is 16.8 Å². The largest absolute Gasteiger partial charge is 0.433 e. The molecule has 1 aromatic carbocycles. The molecule has 0 saturated carbocycles. The highest BCUT2D eigenvalue weighted by Gasteiger charge is 2.32. The van der Waals surface area contributed by atoms with E-state index in [1.165, 1.54) is 6.07 Å². The van der Waals surface area contributed by atoms with Crippen molar-refractivity contribution in [1.29, 1.82) is 0 Å². The van der Waals surface area contributed by atoms with Crippen molar-refractivity contribution < 1.29 is 18.3 Å². The van der Waals surface area contributed by atoms with Crippen LogP contribution in [0.5, 0.6) is 0 Å². The van der Waals surface area contributed by atoms with Crippen LogP contribution in [0.4, 0.5) is 13.2 Å². The lowest BCUT2D eigenvalue weighted by molar-refractivity contribution is -0.140. The number of aliphatic hydroxyl groups excluding tert-OH is 1. The Morgan fingerprint density at radius 3 is 2.58 bits per heavy atom. The first-order valence-electron chi connectivity index (χ1n) is 5.61. The van der Waals surface area contributed by atoms with Gasteiger partial charge in [0.25, 0.3) is 0 Å². The maximum absolute atomic E-state index is 12.6. The zero-order chi connectivity index (χ0) is 14.2. The first kappa shape index (κ1) is 14.3. The van der Waals surface area contributed by atoms with Gasteiger partial charge in [0.15, 0.2) is 0 Å². The fraction of sp³-hybridized carbons (Fsp3) is 0.308. The predicted molar refractivity (Wildman–Crippen MR) is 70.0 cm³/mol. The summed E-state index contributed by atoms with van der Waals surface area (Å²) in [7, 11) is 0. The van der Waals surface area contributed by atoms with Crippen LogP contribution in [-0.4, -0.2) is 16.7 Å². The molecule has 0 aliphatic rings. The molecule has 0 atom stereocenters. The molecular formula is C13H11BrF3NO. The number of rotatable bonds is 2. The first-order chi connectivity index (χ1) is 8.84. The second-order valence-electron chi connectivity index (χ2n) is 4.22. The zero-order valence-electron chi connectivity index (χ0n) is 10.1. The molecule has 19 heavy (non-hydrogen) atoms. The molecule has 0 aliphatic carbocycles. The van der Waals surface area contributed by atoms with Crippen molar-refractivity contribution in [2.24, 2.45) is 0 Å². The van der Waals surface area contributed by atoms with Crippen molar-refractivity contribution in [1.82, 2.24) is 4.98 Å². The summed E-state index contributed by atoms with van der Waals surface area (Å²) in [5, 5.41) is 9.62. The molecule has 2 rings (SSSR count). The van der Waals surface area contributed by atoms with E-state index in [-0.39, 0.29) is 6.61 Å². The number of alkyl halides is 3. The van der Waals surface area contributed by atoms with Gasteiger partial charge in [-0.2, -0.15) is 13.2 Å². The lowest BCUT2D eigenvalue weighted by atomic mass is 10.0. The summed E-state index contributed by atoms with van der Waals surface area (Å²) in [5.41, 5.74) is 1.08. The van der Waals surface area contributed by atoms with E-state index in [9.17, 15) is 13.2 Å². The Labute approximate surface area is 116 Å². The first-order valence-corrected chi connectivity index (χ1v) is 6.40. The molecule has 0 amide bonds. The quantitative estimate of drug-likeness (QED) is 0.905. The van der Waals surface area contributed by atoms with Gasteiger partial charge >= 0.3 is 6.18 Å². The minimum atomic E-state index is -4.45. The third-order valence-electron chi connectivity index (χ3n) is 2.91. The molecular weight excluding hydrogens is 323 g/mol. The summed E-state index contributed by atoms with van der Waals surface area (Å²) in [5.74, 6) is 0. The molecule has 2 nitrogen and oxygen atoms in total. The van der Waals surface area contributed by atoms with Crippen molar-refractivity contribution >= 4 is 26.8 Å². The van der Waals surface area contributed by atoms with E-state index >= 15 is 0 Å². The molecule has 0 bridgehead atoms. The third kappa shape index (κ3) is 2.74. The van der Waals surface area contributed by atoms with Crippen LogP contribution in [0.25, 0.3) is 10.9 Å². The Morgan fingerprint density at radius 1 is 1.32 bits per heavy atom. The lowest BCUT2D eigenvalue weighted by Gasteiger charge is -2.12. The topological polar surface area (TPSA) is 33.1 Å². The number of hydrogen-bond acceptors (Lipinski definition) is 2. The van der Waals surface area contributed by atoms with Crippen LogP contribution in [0, 0.1) is 6.92 Å². The van der Waals surface area contributed by atoms with Gasteiger partial charge in [0.05, 0.1) is 5.52 Å². The second kappa shape index (κ2) is 5.09. The van der Waals surface area contributed by atoms with Gasteiger partial charge in [0.2, 0.25) is 0 Å². The van der Waals surface area contributed by atoms with Gasteiger partial charge in [-0.25, -0.2) is 4.98 Å². The highest BCUT2D eigenvalue weighted by molar-refractivity contribution is 9.10. The van der Waals surface area contributed by atoms with Crippen LogP contribution in [0.2, 0.25) is 0 Å². The Hall–Kier alpha value is -1.14. The Balaban J connectivity index is 2.67. The number of aryl methyl sites for hydroxylation is 1. The van der Waals surface area contributed by atoms with E-state index in [2.05, 4.69) is 20.9 Å². The van der Waals surface area contributed by atoms with Crippen LogP contribution >= 0.6 is 15.9 Å². The van der Waals surface area contributed by atoms with E-state index in [1.807, 2.05) is 0 Å². The molecule has 102 valence electrons. The third-order valence-corrected chi connectivity index (χ3v) is 3.81. The van der Waals surface area contributed by atoms with Crippen LogP contribution < -0.4 is 0 Å². The lowest BCUT2D eigenvalue weighted by Crippen LogP contribution is -2.08. The number of aromatic nitrogens is 1. The van der Waals surface area contributed by atoms with Gasteiger partial charge in [-0.05, 0) is 58.6 Å². The molecule has 0 aliphatic heterocycles. The normalized spacial score (nSPS) is 12.1. The molecule has 6 heteroatoms. The number of nitrogens with zero attached hydrogens (tertiary/aromatic N) is 1. The summed E-state index contributed by atoms with van der Waals surface area (Å²) in [6.45, 7) is 1.77. The highest BCUT2D eigenvalue weighted by Crippen LogP contribution is 2.33.